The van der Waals surface area contributed by atoms with E-state index in [1.54, 1.807) is 0 Å². The molecule has 2 saturated heterocycles. The summed E-state index contributed by atoms with van der Waals surface area (Å²) in [7, 11) is 0. The fourth-order valence-electron chi connectivity index (χ4n) is 4.19. The van der Waals surface area contributed by atoms with Crippen molar-refractivity contribution in [2.45, 2.75) is 74.8 Å². The van der Waals surface area contributed by atoms with Gasteiger partial charge in [0.1, 0.15) is 12.2 Å². The molecule has 20 heavy (non-hydrogen) atoms. The summed E-state index contributed by atoms with van der Waals surface area (Å²) in [5.41, 5.74) is -0.103. The summed E-state index contributed by atoms with van der Waals surface area (Å²) in [5, 5.41) is 0. The zero-order valence-corrected chi connectivity index (χ0v) is 12.3. The molecule has 2 aliphatic carbocycles. The average molecular weight is 282 g/mol. The lowest BCUT2D eigenvalue weighted by Gasteiger charge is -2.55. The second kappa shape index (κ2) is 5.24. The van der Waals surface area contributed by atoms with Crippen molar-refractivity contribution in [1.82, 2.24) is 0 Å². The highest BCUT2D eigenvalue weighted by molar-refractivity contribution is 5.08. The van der Waals surface area contributed by atoms with Gasteiger partial charge < -0.3 is 18.9 Å². The van der Waals surface area contributed by atoms with E-state index in [2.05, 4.69) is 0 Å². The van der Waals surface area contributed by atoms with Crippen molar-refractivity contribution in [3.63, 3.8) is 0 Å². The Morgan fingerprint density at radius 1 is 0.700 bits per heavy atom. The van der Waals surface area contributed by atoms with Gasteiger partial charge in [-0.15, -0.1) is 0 Å². The summed E-state index contributed by atoms with van der Waals surface area (Å²) < 4.78 is 23.6. The maximum Gasteiger partial charge on any atom is 0.104 e. The van der Waals surface area contributed by atoms with Crippen molar-refractivity contribution in [2.24, 2.45) is 0 Å². The van der Waals surface area contributed by atoms with E-state index in [4.69, 9.17) is 18.9 Å². The molecule has 2 heterocycles. The summed E-state index contributed by atoms with van der Waals surface area (Å²) >= 11 is 0. The highest BCUT2D eigenvalue weighted by Crippen LogP contribution is 2.52. The smallest absolute Gasteiger partial charge is 0.104 e. The molecule has 0 bridgehead atoms. The SMILES string of the molecule is C1CCC2(OCC3CO3)CCCCC2(OCC2CO2)C1. The molecule has 4 aliphatic rings. The van der Waals surface area contributed by atoms with Crippen LogP contribution in [0.5, 0.6) is 0 Å². The number of fused-ring (bicyclic) bond motifs is 1. The molecule has 4 heteroatoms. The van der Waals surface area contributed by atoms with Crippen LogP contribution in [-0.4, -0.2) is 49.8 Å². The van der Waals surface area contributed by atoms with E-state index in [1.165, 1.54) is 25.7 Å². The first-order valence-corrected chi connectivity index (χ1v) is 8.33. The van der Waals surface area contributed by atoms with Crippen LogP contribution in [0.2, 0.25) is 0 Å². The van der Waals surface area contributed by atoms with Crippen molar-refractivity contribution in [3.05, 3.63) is 0 Å². The third kappa shape index (κ3) is 2.52. The van der Waals surface area contributed by atoms with E-state index >= 15 is 0 Å². The highest BCUT2D eigenvalue weighted by Gasteiger charge is 2.56. The van der Waals surface area contributed by atoms with Gasteiger partial charge in [0.25, 0.3) is 0 Å². The van der Waals surface area contributed by atoms with Crippen molar-refractivity contribution < 1.29 is 18.9 Å². The monoisotopic (exact) mass is 282 g/mol. The fourth-order valence-corrected chi connectivity index (χ4v) is 4.19. The van der Waals surface area contributed by atoms with E-state index in [0.29, 0.717) is 12.2 Å². The number of hydrogen-bond donors (Lipinski definition) is 0. The van der Waals surface area contributed by atoms with Crippen LogP contribution in [0.25, 0.3) is 0 Å². The number of hydrogen-bond acceptors (Lipinski definition) is 4. The molecule has 0 spiro atoms. The Morgan fingerprint density at radius 3 is 1.35 bits per heavy atom. The molecule has 4 rings (SSSR count). The third-order valence-electron chi connectivity index (χ3n) is 5.55. The first-order chi connectivity index (χ1) is 9.82. The van der Waals surface area contributed by atoms with E-state index < -0.39 is 0 Å². The molecular weight excluding hydrogens is 256 g/mol. The average Bonchev–Trinajstić information content (AvgIpc) is 3.38. The maximum atomic E-state index is 6.46. The molecule has 4 nitrogen and oxygen atoms in total. The molecule has 2 saturated carbocycles. The van der Waals surface area contributed by atoms with Gasteiger partial charge in [0, 0.05) is 0 Å². The van der Waals surface area contributed by atoms with Gasteiger partial charge in [-0.25, -0.2) is 0 Å². The number of ether oxygens (including phenoxy) is 4. The lowest BCUT2D eigenvalue weighted by molar-refractivity contribution is -0.247. The van der Waals surface area contributed by atoms with Crippen molar-refractivity contribution in [1.29, 1.82) is 0 Å². The minimum Gasteiger partial charge on any atom is -0.371 e. The quantitative estimate of drug-likeness (QED) is 0.702. The van der Waals surface area contributed by atoms with Crippen molar-refractivity contribution >= 4 is 0 Å². The van der Waals surface area contributed by atoms with E-state index in [1.807, 2.05) is 0 Å². The topological polar surface area (TPSA) is 43.5 Å². The number of epoxide rings is 2. The lowest BCUT2D eigenvalue weighted by atomic mass is 9.63. The van der Waals surface area contributed by atoms with Crippen LogP contribution in [0.3, 0.4) is 0 Å². The largest absolute Gasteiger partial charge is 0.371 e. The molecule has 114 valence electrons. The highest BCUT2D eigenvalue weighted by atomic mass is 16.6. The summed E-state index contributed by atoms with van der Waals surface area (Å²) in [6, 6.07) is 0. The minimum absolute atomic E-state index is 0.0513. The second-order valence-corrected chi connectivity index (χ2v) is 6.94. The van der Waals surface area contributed by atoms with Gasteiger partial charge in [0.15, 0.2) is 0 Å². The Kier molecular flexibility index (Phi) is 3.53. The molecule has 0 radical (unpaired) electrons. The Balaban J connectivity index is 1.51. The molecule has 0 aromatic heterocycles. The molecule has 4 fully saturated rings. The van der Waals surface area contributed by atoms with Gasteiger partial charge in [-0.2, -0.15) is 0 Å². The molecule has 2 aliphatic heterocycles. The summed E-state index contributed by atoms with van der Waals surface area (Å²) in [4.78, 5) is 0. The van der Waals surface area contributed by atoms with Gasteiger partial charge in [-0.05, 0) is 25.7 Å². The van der Waals surface area contributed by atoms with Gasteiger partial charge >= 0.3 is 0 Å². The Bertz CT molecular complexity index is 302. The van der Waals surface area contributed by atoms with Crippen LogP contribution >= 0.6 is 0 Å². The molecule has 0 aromatic carbocycles. The van der Waals surface area contributed by atoms with E-state index in [0.717, 1.165) is 52.1 Å². The predicted molar refractivity (Wildman–Crippen MR) is 73.8 cm³/mol. The van der Waals surface area contributed by atoms with Gasteiger partial charge in [-0.1, -0.05) is 25.7 Å². The zero-order valence-electron chi connectivity index (χ0n) is 12.3. The van der Waals surface area contributed by atoms with Crippen LogP contribution in [0.4, 0.5) is 0 Å². The third-order valence-corrected chi connectivity index (χ3v) is 5.55. The molecule has 0 amide bonds. The van der Waals surface area contributed by atoms with Crippen molar-refractivity contribution in [2.75, 3.05) is 26.4 Å². The summed E-state index contributed by atoms with van der Waals surface area (Å²) in [5.74, 6) is 0. The Labute approximate surface area is 121 Å². The maximum absolute atomic E-state index is 6.46. The standard InChI is InChI=1S/C16H26O4/c1-2-6-16(20-12-14-10-18-14)8-4-3-7-15(16,5-1)19-11-13-9-17-13/h13-14H,1-12H2. The fraction of sp³-hybridized carbons (Fsp3) is 1.00. The number of rotatable bonds is 6. The van der Waals surface area contributed by atoms with Crippen molar-refractivity contribution in [3.8, 4) is 0 Å². The van der Waals surface area contributed by atoms with E-state index in [9.17, 15) is 0 Å². The zero-order chi connectivity index (χ0) is 13.5. The van der Waals surface area contributed by atoms with Crippen LogP contribution in [0.15, 0.2) is 0 Å². The Hall–Kier alpha value is -0.160. The van der Waals surface area contributed by atoms with E-state index in [-0.39, 0.29) is 11.2 Å². The van der Waals surface area contributed by atoms with Gasteiger partial charge in [0.2, 0.25) is 0 Å². The lowest BCUT2D eigenvalue weighted by Crippen LogP contribution is -2.61. The van der Waals surface area contributed by atoms with Crippen LogP contribution in [-0.2, 0) is 18.9 Å². The van der Waals surface area contributed by atoms with Gasteiger partial charge in [0.05, 0.1) is 37.6 Å². The summed E-state index contributed by atoms with van der Waals surface area (Å²) in [6.07, 6.45) is 10.4. The normalized spacial score (nSPS) is 46.8. The van der Waals surface area contributed by atoms with Gasteiger partial charge in [-0.3, -0.25) is 0 Å². The molecule has 0 N–H and O–H groups in total. The first kappa shape index (κ1) is 13.5. The first-order valence-electron chi connectivity index (χ1n) is 8.33. The molecule has 2 unspecified atom stereocenters. The molecule has 2 atom stereocenters. The van der Waals surface area contributed by atoms with Crippen LogP contribution in [0.1, 0.15) is 51.4 Å². The molecule has 0 aromatic rings. The van der Waals surface area contributed by atoms with Crippen LogP contribution in [0, 0.1) is 0 Å². The van der Waals surface area contributed by atoms with Crippen LogP contribution < -0.4 is 0 Å². The predicted octanol–water partition coefficient (Wildman–Crippen LogP) is 2.44. The molecular formula is C16H26O4. The second-order valence-electron chi connectivity index (χ2n) is 6.94. The Morgan fingerprint density at radius 2 is 1.05 bits per heavy atom. The summed E-state index contributed by atoms with van der Waals surface area (Å²) in [6.45, 7) is 3.26. The minimum atomic E-state index is -0.0513.